The quantitative estimate of drug-likeness (QED) is 0.850. The van der Waals surface area contributed by atoms with E-state index in [0.29, 0.717) is 11.9 Å². The van der Waals surface area contributed by atoms with Crippen LogP contribution in [0.25, 0.3) is 0 Å². The SMILES string of the molecule is COc1ccccc1CC(C)NCc1cccnc1OC. The summed E-state index contributed by atoms with van der Waals surface area (Å²) in [6.45, 7) is 2.89. The molecule has 0 bridgehead atoms. The third kappa shape index (κ3) is 4.20. The van der Waals surface area contributed by atoms with Crippen LogP contribution in [0.4, 0.5) is 0 Å². The highest BCUT2D eigenvalue weighted by atomic mass is 16.5. The molecule has 0 saturated carbocycles. The summed E-state index contributed by atoms with van der Waals surface area (Å²) in [5.74, 6) is 1.61. The molecule has 0 radical (unpaired) electrons. The molecule has 1 heterocycles. The van der Waals surface area contributed by atoms with E-state index in [1.165, 1.54) is 5.56 Å². The van der Waals surface area contributed by atoms with Crippen molar-refractivity contribution in [2.45, 2.75) is 25.9 Å². The van der Waals surface area contributed by atoms with Crippen molar-refractivity contribution >= 4 is 0 Å². The molecule has 0 aliphatic heterocycles. The molecule has 0 saturated heterocycles. The lowest BCUT2D eigenvalue weighted by Crippen LogP contribution is -2.28. The third-order valence-electron chi connectivity index (χ3n) is 3.40. The Morgan fingerprint density at radius 1 is 1.05 bits per heavy atom. The summed E-state index contributed by atoms with van der Waals surface area (Å²) in [7, 11) is 3.35. The van der Waals surface area contributed by atoms with Crippen LogP contribution in [0.1, 0.15) is 18.1 Å². The highest BCUT2D eigenvalue weighted by Gasteiger charge is 2.09. The van der Waals surface area contributed by atoms with E-state index in [-0.39, 0.29) is 0 Å². The summed E-state index contributed by atoms with van der Waals surface area (Å²) in [5, 5.41) is 3.50. The third-order valence-corrected chi connectivity index (χ3v) is 3.40. The zero-order chi connectivity index (χ0) is 15.1. The Bertz CT molecular complexity index is 572. The van der Waals surface area contributed by atoms with Gasteiger partial charge >= 0.3 is 0 Å². The first-order chi connectivity index (χ1) is 10.2. The van der Waals surface area contributed by atoms with Crippen LogP contribution in [0.2, 0.25) is 0 Å². The number of hydrogen-bond acceptors (Lipinski definition) is 4. The molecule has 2 rings (SSSR count). The number of pyridine rings is 1. The van der Waals surface area contributed by atoms with Crippen molar-refractivity contribution < 1.29 is 9.47 Å². The second-order valence-electron chi connectivity index (χ2n) is 4.97. The molecule has 1 atom stereocenters. The Morgan fingerprint density at radius 3 is 2.57 bits per heavy atom. The number of methoxy groups -OCH3 is 2. The Balaban J connectivity index is 1.94. The number of aromatic nitrogens is 1. The summed E-state index contributed by atoms with van der Waals surface area (Å²) < 4.78 is 10.6. The largest absolute Gasteiger partial charge is 0.496 e. The zero-order valence-electron chi connectivity index (χ0n) is 12.8. The number of para-hydroxylation sites is 1. The van der Waals surface area contributed by atoms with Gasteiger partial charge in [-0.1, -0.05) is 24.3 Å². The van der Waals surface area contributed by atoms with E-state index < -0.39 is 0 Å². The number of nitrogens with zero attached hydrogens (tertiary/aromatic N) is 1. The van der Waals surface area contributed by atoms with Crippen molar-refractivity contribution in [2.24, 2.45) is 0 Å². The lowest BCUT2D eigenvalue weighted by atomic mass is 10.1. The van der Waals surface area contributed by atoms with Gasteiger partial charge < -0.3 is 14.8 Å². The summed E-state index contributed by atoms with van der Waals surface area (Å²) in [4.78, 5) is 4.20. The Hall–Kier alpha value is -2.07. The molecular formula is C17H22N2O2. The average Bonchev–Trinajstić information content (AvgIpc) is 2.53. The molecule has 0 aliphatic rings. The fourth-order valence-electron chi connectivity index (χ4n) is 2.30. The summed E-state index contributed by atoms with van der Waals surface area (Å²) in [6.07, 6.45) is 2.65. The van der Waals surface area contributed by atoms with Crippen LogP contribution in [0.5, 0.6) is 11.6 Å². The van der Waals surface area contributed by atoms with Crippen LogP contribution in [0.3, 0.4) is 0 Å². The van der Waals surface area contributed by atoms with Gasteiger partial charge in [-0.2, -0.15) is 0 Å². The van der Waals surface area contributed by atoms with Crippen LogP contribution in [0.15, 0.2) is 42.6 Å². The molecule has 21 heavy (non-hydrogen) atoms. The molecule has 4 nitrogen and oxygen atoms in total. The maximum atomic E-state index is 5.39. The van der Waals surface area contributed by atoms with Crippen molar-refractivity contribution in [1.29, 1.82) is 0 Å². The van der Waals surface area contributed by atoms with Gasteiger partial charge in [-0.25, -0.2) is 4.98 Å². The zero-order valence-corrected chi connectivity index (χ0v) is 12.8. The van der Waals surface area contributed by atoms with E-state index in [1.807, 2.05) is 30.3 Å². The highest BCUT2D eigenvalue weighted by Crippen LogP contribution is 2.19. The van der Waals surface area contributed by atoms with Crippen LogP contribution >= 0.6 is 0 Å². The van der Waals surface area contributed by atoms with E-state index in [0.717, 1.165) is 24.3 Å². The molecule has 0 amide bonds. The van der Waals surface area contributed by atoms with E-state index in [2.05, 4.69) is 23.3 Å². The van der Waals surface area contributed by atoms with Gasteiger partial charge in [-0.3, -0.25) is 0 Å². The molecule has 4 heteroatoms. The Labute approximate surface area is 126 Å². The lowest BCUT2D eigenvalue weighted by Gasteiger charge is -2.16. The fraction of sp³-hybridized carbons (Fsp3) is 0.353. The molecule has 1 aromatic heterocycles. The minimum absolute atomic E-state index is 0.325. The van der Waals surface area contributed by atoms with Crippen LogP contribution in [-0.2, 0) is 13.0 Å². The van der Waals surface area contributed by atoms with Gasteiger partial charge in [0.05, 0.1) is 14.2 Å². The van der Waals surface area contributed by atoms with E-state index in [4.69, 9.17) is 9.47 Å². The standard InChI is InChI=1S/C17H22N2O2/c1-13(11-14-7-4-5-9-16(14)20-2)19-12-15-8-6-10-18-17(15)21-3/h4-10,13,19H,11-12H2,1-3H3. The first-order valence-corrected chi connectivity index (χ1v) is 7.07. The number of nitrogens with one attached hydrogen (secondary N) is 1. The molecule has 1 aromatic carbocycles. The van der Waals surface area contributed by atoms with Gasteiger partial charge in [0.1, 0.15) is 5.75 Å². The Kier molecular flexibility index (Phi) is 5.58. The molecular weight excluding hydrogens is 264 g/mol. The minimum atomic E-state index is 0.325. The molecule has 1 N–H and O–H groups in total. The van der Waals surface area contributed by atoms with Gasteiger partial charge in [-0.15, -0.1) is 0 Å². The number of rotatable bonds is 7. The predicted molar refractivity (Wildman–Crippen MR) is 83.8 cm³/mol. The maximum Gasteiger partial charge on any atom is 0.217 e. The van der Waals surface area contributed by atoms with E-state index in [1.54, 1.807) is 20.4 Å². The second-order valence-corrected chi connectivity index (χ2v) is 4.97. The van der Waals surface area contributed by atoms with Crippen LogP contribution in [-0.4, -0.2) is 25.2 Å². The molecule has 1 unspecified atom stereocenters. The lowest BCUT2D eigenvalue weighted by molar-refractivity contribution is 0.388. The van der Waals surface area contributed by atoms with Crippen molar-refractivity contribution in [2.75, 3.05) is 14.2 Å². The first kappa shape index (κ1) is 15.3. The summed E-state index contributed by atoms with van der Waals surface area (Å²) in [6, 6.07) is 12.4. The molecule has 112 valence electrons. The van der Waals surface area contributed by atoms with Gasteiger partial charge in [0.15, 0.2) is 0 Å². The molecule has 0 fully saturated rings. The minimum Gasteiger partial charge on any atom is -0.496 e. The van der Waals surface area contributed by atoms with Crippen molar-refractivity contribution in [3.8, 4) is 11.6 Å². The van der Waals surface area contributed by atoms with Crippen LogP contribution in [0, 0.1) is 0 Å². The smallest absolute Gasteiger partial charge is 0.217 e. The van der Waals surface area contributed by atoms with Crippen LogP contribution < -0.4 is 14.8 Å². The highest BCUT2D eigenvalue weighted by molar-refractivity contribution is 5.33. The number of ether oxygens (including phenoxy) is 2. The predicted octanol–water partition coefficient (Wildman–Crippen LogP) is 2.82. The van der Waals surface area contributed by atoms with Crippen molar-refractivity contribution in [3.63, 3.8) is 0 Å². The second kappa shape index (κ2) is 7.64. The fourth-order valence-corrected chi connectivity index (χ4v) is 2.30. The van der Waals surface area contributed by atoms with Gasteiger partial charge in [0.2, 0.25) is 5.88 Å². The maximum absolute atomic E-state index is 5.39. The first-order valence-electron chi connectivity index (χ1n) is 7.07. The molecule has 2 aromatic rings. The van der Waals surface area contributed by atoms with E-state index >= 15 is 0 Å². The topological polar surface area (TPSA) is 43.4 Å². The van der Waals surface area contributed by atoms with E-state index in [9.17, 15) is 0 Å². The van der Waals surface area contributed by atoms with Gasteiger partial charge in [0, 0.05) is 24.3 Å². The number of hydrogen-bond donors (Lipinski definition) is 1. The molecule has 0 aliphatic carbocycles. The van der Waals surface area contributed by atoms with Gasteiger partial charge in [-0.05, 0) is 31.0 Å². The van der Waals surface area contributed by atoms with Gasteiger partial charge in [0.25, 0.3) is 0 Å². The van der Waals surface area contributed by atoms with Crippen molar-refractivity contribution in [3.05, 3.63) is 53.7 Å². The molecule has 0 spiro atoms. The Morgan fingerprint density at radius 2 is 1.81 bits per heavy atom. The summed E-state index contributed by atoms with van der Waals surface area (Å²) in [5.41, 5.74) is 2.27. The number of benzene rings is 1. The summed E-state index contributed by atoms with van der Waals surface area (Å²) >= 11 is 0. The normalized spacial score (nSPS) is 12.0. The monoisotopic (exact) mass is 286 g/mol. The average molecular weight is 286 g/mol. The van der Waals surface area contributed by atoms with Crippen molar-refractivity contribution in [1.82, 2.24) is 10.3 Å².